The molecule has 104 valence electrons. The molecular formula is C15H28N2O. The van der Waals surface area contributed by atoms with Crippen molar-refractivity contribution in [1.82, 2.24) is 10.2 Å². The summed E-state index contributed by atoms with van der Waals surface area (Å²) in [5.74, 6) is 1.26. The van der Waals surface area contributed by atoms with Crippen molar-refractivity contribution in [2.45, 2.75) is 64.3 Å². The molecule has 1 saturated heterocycles. The van der Waals surface area contributed by atoms with Crippen LogP contribution in [0.5, 0.6) is 0 Å². The molecule has 1 aliphatic carbocycles. The minimum atomic E-state index is 0.350. The molecule has 2 fully saturated rings. The smallest absolute Gasteiger partial charge is 0.223 e. The molecular weight excluding hydrogens is 224 g/mol. The van der Waals surface area contributed by atoms with Crippen LogP contribution in [0.4, 0.5) is 0 Å². The molecule has 1 amide bonds. The molecule has 1 N–H and O–H groups in total. The van der Waals surface area contributed by atoms with E-state index in [9.17, 15) is 4.79 Å². The quantitative estimate of drug-likeness (QED) is 0.815. The maximum atomic E-state index is 11.9. The van der Waals surface area contributed by atoms with Gasteiger partial charge >= 0.3 is 0 Å². The third-order valence-electron chi connectivity index (χ3n) is 4.59. The van der Waals surface area contributed by atoms with E-state index in [2.05, 4.69) is 12.2 Å². The fraction of sp³-hybridized carbons (Fsp3) is 0.933. The Morgan fingerprint density at radius 2 is 2.00 bits per heavy atom. The highest BCUT2D eigenvalue weighted by Gasteiger charge is 2.21. The number of amides is 1. The van der Waals surface area contributed by atoms with Gasteiger partial charge in [-0.25, -0.2) is 0 Å². The van der Waals surface area contributed by atoms with Crippen molar-refractivity contribution in [3.05, 3.63) is 0 Å². The first-order valence-electron chi connectivity index (χ1n) is 7.80. The highest BCUT2D eigenvalue weighted by atomic mass is 16.2. The zero-order valence-corrected chi connectivity index (χ0v) is 11.8. The molecule has 0 aromatic carbocycles. The van der Waals surface area contributed by atoms with E-state index in [0.29, 0.717) is 18.4 Å². The molecule has 0 aromatic rings. The number of likely N-dealkylation sites (tertiary alicyclic amines) is 1. The Morgan fingerprint density at radius 1 is 1.22 bits per heavy atom. The van der Waals surface area contributed by atoms with Crippen LogP contribution >= 0.6 is 0 Å². The summed E-state index contributed by atoms with van der Waals surface area (Å²) in [7, 11) is 0. The number of hydrogen-bond acceptors (Lipinski definition) is 2. The lowest BCUT2D eigenvalue weighted by molar-refractivity contribution is -0.130. The molecule has 0 spiro atoms. The summed E-state index contributed by atoms with van der Waals surface area (Å²) in [5.41, 5.74) is 0. The van der Waals surface area contributed by atoms with Crippen LogP contribution in [0.15, 0.2) is 0 Å². The molecule has 1 saturated carbocycles. The van der Waals surface area contributed by atoms with E-state index in [1.54, 1.807) is 0 Å². The second-order valence-electron chi connectivity index (χ2n) is 5.93. The second kappa shape index (κ2) is 7.13. The summed E-state index contributed by atoms with van der Waals surface area (Å²) in [6, 6.07) is 0.662. The van der Waals surface area contributed by atoms with Crippen LogP contribution in [0.3, 0.4) is 0 Å². The highest BCUT2D eigenvalue weighted by Crippen LogP contribution is 2.26. The van der Waals surface area contributed by atoms with E-state index in [1.807, 2.05) is 4.90 Å². The number of nitrogens with one attached hydrogen (secondary N) is 1. The topological polar surface area (TPSA) is 32.3 Å². The van der Waals surface area contributed by atoms with Gasteiger partial charge in [0.15, 0.2) is 0 Å². The summed E-state index contributed by atoms with van der Waals surface area (Å²) >= 11 is 0. The van der Waals surface area contributed by atoms with Gasteiger partial charge in [0.1, 0.15) is 0 Å². The molecule has 1 heterocycles. The average Bonchev–Trinajstić information content (AvgIpc) is 2.93. The van der Waals surface area contributed by atoms with Gasteiger partial charge < -0.3 is 10.2 Å². The SMILES string of the molecule is CCC1CCCC(NCCC(=O)N2CCCC2)C1. The second-order valence-corrected chi connectivity index (χ2v) is 5.93. The standard InChI is InChI=1S/C15H28N2O/c1-2-13-6-5-7-14(12-13)16-9-8-15(18)17-10-3-4-11-17/h13-14,16H,2-12H2,1H3. The lowest BCUT2D eigenvalue weighted by Gasteiger charge is -2.29. The van der Waals surface area contributed by atoms with E-state index in [4.69, 9.17) is 0 Å². The lowest BCUT2D eigenvalue weighted by Crippen LogP contribution is -2.37. The Bertz CT molecular complexity index is 261. The molecule has 0 radical (unpaired) electrons. The van der Waals surface area contributed by atoms with Gasteiger partial charge in [0.05, 0.1) is 0 Å². The Labute approximate surface area is 111 Å². The van der Waals surface area contributed by atoms with Gasteiger partial charge in [-0.1, -0.05) is 26.2 Å². The Morgan fingerprint density at radius 3 is 2.72 bits per heavy atom. The van der Waals surface area contributed by atoms with Crippen molar-refractivity contribution in [3.63, 3.8) is 0 Å². The van der Waals surface area contributed by atoms with Crippen molar-refractivity contribution in [2.24, 2.45) is 5.92 Å². The summed E-state index contributed by atoms with van der Waals surface area (Å²) in [4.78, 5) is 13.9. The molecule has 2 atom stereocenters. The van der Waals surface area contributed by atoms with Gasteiger partial charge in [-0.05, 0) is 31.6 Å². The van der Waals surface area contributed by atoms with Crippen molar-refractivity contribution >= 4 is 5.91 Å². The van der Waals surface area contributed by atoms with E-state index in [1.165, 1.54) is 44.9 Å². The van der Waals surface area contributed by atoms with Crippen molar-refractivity contribution in [2.75, 3.05) is 19.6 Å². The van der Waals surface area contributed by atoms with Crippen LogP contribution in [-0.4, -0.2) is 36.5 Å². The third-order valence-corrected chi connectivity index (χ3v) is 4.59. The first kappa shape index (κ1) is 13.9. The van der Waals surface area contributed by atoms with Gasteiger partial charge in [-0.3, -0.25) is 4.79 Å². The number of rotatable bonds is 5. The predicted octanol–water partition coefficient (Wildman–Crippen LogP) is 2.56. The summed E-state index contributed by atoms with van der Waals surface area (Å²) in [6.45, 7) is 5.14. The van der Waals surface area contributed by atoms with Gasteiger partial charge in [-0.15, -0.1) is 0 Å². The van der Waals surface area contributed by atoms with Crippen LogP contribution in [0.1, 0.15) is 58.3 Å². The maximum Gasteiger partial charge on any atom is 0.223 e. The lowest BCUT2D eigenvalue weighted by atomic mass is 9.84. The van der Waals surface area contributed by atoms with Gasteiger partial charge in [0.2, 0.25) is 5.91 Å². The molecule has 2 unspecified atom stereocenters. The Hall–Kier alpha value is -0.570. The third kappa shape index (κ3) is 3.98. The van der Waals surface area contributed by atoms with Crippen LogP contribution in [0.2, 0.25) is 0 Å². The number of carbonyl (C=O) groups is 1. The van der Waals surface area contributed by atoms with Crippen molar-refractivity contribution < 1.29 is 4.79 Å². The molecule has 0 bridgehead atoms. The fourth-order valence-electron chi connectivity index (χ4n) is 3.36. The van der Waals surface area contributed by atoms with E-state index in [-0.39, 0.29) is 0 Å². The number of hydrogen-bond donors (Lipinski definition) is 1. The van der Waals surface area contributed by atoms with Gasteiger partial charge in [-0.2, -0.15) is 0 Å². The summed E-state index contributed by atoms with van der Waals surface area (Å²) in [5, 5.41) is 3.59. The van der Waals surface area contributed by atoms with E-state index in [0.717, 1.165) is 25.6 Å². The summed E-state index contributed by atoms with van der Waals surface area (Å²) < 4.78 is 0. The van der Waals surface area contributed by atoms with Gasteiger partial charge in [0, 0.05) is 32.1 Å². The van der Waals surface area contributed by atoms with Crippen LogP contribution in [0.25, 0.3) is 0 Å². The van der Waals surface area contributed by atoms with Gasteiger partial charge in [0.25, 0.3) is 0 Å². The maximum absolute atomic E-state index is 11.9. The number of nitrogens with zero attached hydrogens (tertiary/aromatic N) is 1. The fourth-order valence-corrected chi connectivity index (χ4v) is 3.36. The van der Waals surface area contributed by atoms with Crippen LogP contribution in [0, 0.1) is 5.92 Å². The Kier molecular flexibility index (Phi) is 5.48. The van der Waals surface area contributed by atoms with Crippen LogP contribution in [-0.2, 0) is 4.79 Å². The molecule has 2 rings (SSSR count). The predicted molar refractivity (Wildman–Crippen MR) is 74.5 cm³/mol. The molecule has 0 aromatic heterocycles. The van der Waals surface area contributed by atoms with E-state index >= 15 is 0 Å². The zero-order valence-electron chi connectivity index (χ0n) is 11.8. The minimum Gasteiger partial charge on any atom is -0.343 e. The zero-order chi connectivity index (χ0) is 12.8. The molecule has 18 heavy (non-hydrogen) atoms. The molecule has 3 nitrogen and oxygen atoms in total. The van der Waals surface area contributed by atoms with Crippen molar-refractivity contribution in [3.8, 4) is 0 Å². The van der Waals surface area contributed by atoms with E-state index < -0.39 is 0 Å². The first-order chi connectivity index (χ1) is 8.79. The highest BCUT2D eigenvalue weighted by molar-refractivity contribution is 5.76. The summed E-state index contributed by atoms with van der Waals surface area (Å²) in [6.07, 6.45) is 9.76. The van der Waals surface area contributed by atoms with Crippen molar-refractivity contribution in [1.29, 1.82) is 0 Å². The molecule has 1 aliphatic heterocycles. The minimum absolute atomic E-state index is 0.350. The average molecular weight is 252 g/mol. The number of carbonyl (C=O) groups excluding carboxylic acids is 1. The molecule has 2 aliphatic rings. The Balaban J connectivity index is 1.61. The monoisotopic (exact) mass is 252 g/mol. The van der Waals surface area contributed by atoms with Crippen LogP contribution < -0.4 is 5.32 Å². The largest absolute Gasteiger partial charge is 0.343 e. The first-order valence-corrected chi connectivity index (χ1v) is 7.80. The normalized spacial score (nSPS) is 28.6. The molecule has 3 heteroatoms.